The minimum Gasteiger partial charge on any atom is -0.364 e. The number of H-pyrrole nitrogens is 1. The molecule has 4 N–H and O–H groups in total. The molecule has 3 heterocycles. The molecule has 1 fully saturated rings. The molecule has 1 aliphatic heterocycles. The van der Waals surface area contributed by atoms with Gasteiger partial charge in [0.2, 0.25) is 11.8 Å². The lowest BCUT2D eigenvalue weighted by Gasteiger charge is -2.32. The van der Waals surface area contributed by atoms with E-state index >= 15 is 0 Å². The van der Waals surface area contributed by atoms with Gasteiger partial charge in [0.1, 0.15) is 17.3 Å². The third-order valence-corrected chi connectivity index (χ3v) is 7.95. The van der Waals surface area contributed by atoms with Crippen molar-refractivity contribution in [3.05, 3.63) is 46.8 Å². The Kier molecular flexibility index (Phi) is 7.34. The number of carbonyl (C=O) groups excluding carboxylic acids is 2. The molecule has 0 radical (unpaired) electrons. The summed E-state index contributed by atoms with van der Waals surface area (Å²) >= 11 is 0. The fourth-order valence-corrected chi connectivity index (χ4v) is 5.91. The fourth-order valence-electron chi connectivity index (χ4n) is 5.91. The zero-order valence-corrected chi connectivity index (χ0v) is 22.0. The van der Waals surface area contributed by atoms with Gasteiger partial charge < -0.3 is 20.6 Å². The van der Waals surface area contributed by atoms with Crippen LogP contribution in [0, 0.1) is 5.92 Å². The number of fused-ring (bicyclic) bond motifs is 2. The van der Waals surface area contributed by atoms with Gasteiger partial charge in [-0.25, -0.2) is 18.7 Å². The zero-order valence-electron chi connectivity index (χ0n) is 22.0. The number of imidazole rings is 2. The molecule has 0 unspecified atom stereocenters. The molecule has 40 heavy (non-hydrogen) atoms. The quantitative estimate of drug-likeness (QED) is 0.322. The number of hydrogen-bond donors (Lipinski definition) is 3. The van der Waals surface area contributed by atoms with Crippen molar-refractivity contribution in [1.29, 1.82) is 0 Å². The second kappa shape index (κ2) is 10.5. The maximum absolute atomic E-state index is 14.1. The largest absolute Gasteiger partial charge is 0.389 e. The Bertz CT molecular complexity index is 1420. The molecule has 2 aromatic heterocycles. The van der Waals surface area contributed by atoms with Crippen molar-refractivity contribution in [3.8, 4) is 0 Å². The molecule has 216 valence electrons. The van der Waals surface area contributed by atoms with E-state index in [9.17, 15) is 31.5 Å². The molecule has 1 saturated carbocycles. The molecule has 1 aliphatic carbocycles. The topological polar surface area (TPSA) is 119 Å². The van der Waals surface area contributed by atoms with Crippen molar-refractivity contribution < 1.29 is 31.5 Å². The number of alkyl halides is 5. The number of benzene rings is 1. The van der Waals surface area contributed by atoms with Gasteiger partial charge >= 0.3 is 6.18 Å². The Morgan fingerprint density at radius 1 is 1.23 bits per heavy atom. The summed E-state index contributed by atoms with van der Waals surface area (Å²) in [5.41, 5.74) is 8.34. The standard InChI is InChI=1S/C27H31F5N6O2/c1-14(34-20(39)8-11-27(30,31)32)16-4-5-17-18(13-16)36-25(35-17)21(15-6-9-26(28,29)10-7-15)22-23(24(33)40)38-12-2-3-19(38)37-22/h4-5,13-15,21H,2-3,6-12H2,1H3,(H2,33,40)(H,34,39)(H,35,36)/t14-,21+/m1/s1. The van der Waals surface area contributed by atoms with Gasteiger partial charge in [-0.1, -0.05) is 6.07 Å². The number of carbonyl (C=O) groups is 2. The number of halogens is 5. The van der Waals surface area contributed by atoms with Gasteiger partial charge in [0.05, 0.1) is 35.1 Å². The maximum atomic E-state index is 14.1. The molecule has 3 aromatic rings. The van der Waals surface area contributed by atoms with Crippen LogP contribution in [0.2, 0.25) is 0 Å². The summed E-state index contributed by atoms with van der Waals surface area (Å²) in [6.45, 7) is 2.27. The molecule has 0 spiro atoms. The van der Waals surface area contributed by atoms with Crippen LogP contribution in [0.25, 0.3) is 11.0 Å². The van der Waals surface area contributed by atoms with Gasteiger partial charge in [0, 0.05) is 32.2 Å². The van der Waals surface area contributed by atoms with Gasteiger partial charge in [-0.3, -0.25) is 9.59 Å². The highest BCUT2D eigenvalue weighted by Crippen LogP contribution is 2.45. The normalized spacial score (nSPS) is 18.9. The SMILES string of the molecule is C[C@@H](NC(=O)CCC(F)(F)F)c1ccc2nc([C@H](c3nc4n(c3C(N)=O)CCC4)C3CCC(F)(F)CC3)[nH]c2c1. The molecule has 8 nitrogen and oxygen atoms in total. The van der Waals surface area contributed by atoms with Crippen molar-refractivity contribution in [2.24, 2.45) is 11.7 Å². The summed E-state index contributed by atoms with van der Waals surface area (Å²) in [6.07, 6.45) is -4.86. The van der Waals surface area contributed by atoms with Crippen LogP contribution in [0.3, 0.4) is 0 Å². The van der Waals surface area contributed by atoms with Crippen molar-refractivity contribution in [1.82, 2.24) is 24.8 Å². The van der Waals surface area contributed by atoms with Crippen LogP contribution in [0.5, 0.6) is 0 Å². The van der Waals surface area contributed by atoms with E-state index in [-0.39, 0.29) is 37.3 Å². The first kappa shape index (κ1) is 28.0. The number of rotatable bonds is 8. The average Bonchev–Trinajstić information content (AvgIpc) is 3.57. The first-order chi connectivity index (χ1) is 18.8. The molecule has 0 saturated heterocycles. The van der Waals surface area contributed by atoms with Gasteiger partial charge in [0.15, 0.2) is 0 Å². The number of amides is 2. The molecule has 1 aromatic carbocycles. The van der Waals surface area contributed by atoms with E-state index in [0.717, 1.165) is 12.2 Å². The van der Waals surface area contributed by atoms with E-state index in [2.05, 4.69) is 10.3 Å². The molecule has 5 rings (SSSR count). The first-order valence-electron chi connectivity index (χ1n) is 13.4. The molecule has 2 aliphatic rings. The van der Waals surface area contributed by atoms with Crippen LogP contribution in [0.15, 0.2) is 18.2 Å². The van der Waals surface area contributed by atoms with E-state index < -0.39 is 48.7 Å². The highest BCUT2D eigenvalue weighted by molar-refractivity contribution is 5.93. The van der Waals surface area contributed by atoms with Crippen molar-refractivity contribution >= 4 is 22.8 Å². The highest BCUT2D eigenvalue weighted by atomic mass is 19.4. The molecule has 13 heteroatoms. The van der Waals surface area contributed by atoms with Crippen LogP contribution in [0.4, 0.5) is 22.0 Å². The predicted octanol–water partition coefficient (Wildman–Crippen LogP) is 5.28. The lowest BCUT2D eigenvalue weighted by Crippen LogP contribution is -2.30. The Labute approximate surface area is 226 Å². The summed E-state index contributed by atoms with van der Waals surface area (Å²) < 4.78 is 67.4. The maximum Gasteiger partial charge on any atom is 0.389 e. The van der Waals surface area contributed by atoms with Crippen LogP contribution < -0.4 is 11.1 Å². The Morgan fingerprint density at radius 3 is 2.62 bits per heavy atom. The fraction of sp³-hybridized carbons (Fsp3) is 0.556. The predicted molar refractivity (Wildman–Crippen MR) is 136 cm³/mol. The Hall–Kier alpha value is -3.51. The van der Waals surface area contributed by atoms with Crippen molar-refractivity contribution in [3.63, 3.8) is 0 Å². The van der Waals surface area contributed by atoms with Crippen LogP contribution in [0.1, 0.15) is 97.2 Å². The number of aromatic amines is 1. The van der Waals surface area contributed by atoms with Gasteiger partial charge in [-0.15, -0.1) is 0 Å². The second-order valence-electron chi connectivity index (χ2n) is 10.9. The van der Waals surface area contributed by atoms with Gasteiger partial charge in [-0.05, 0) is 49.8 Å². The van der Waals surface area contributed by atoms with E-state index in [4.69, 9.17) is 15.7 Å². The number of aromatic nitrogens is 4. The highest BCUT2D eigenvalue weighted by Gasteiger charge is 2.42. The lowest BCUT2D eigenvalue weighted by atomic mass is 9.76. The minimum absolute atomic E-state index is 0.224. The summed E-state index contributed by atoms with van der Waals surface area (Å²) in [5.74, 6) is -3.68. The summed E-state index contributed by atoms with van der Waals surface area (Å²) in [7, 11) is 0. The number of nitrogens with one attached hydrogen (secondary N) is 2. The van der Waals surface area contributed by atoms with E-state index in [1.54, 1.807) is 25.1 Å². The van der Waals surface area contributed by atoms with Crippen LogP contribution >= 0.6 is 0 Å². The number of primary amides is 1. The summed E-state index contributed by atoms with van der Waals surface area (Å²) in [6, 6.07) is 4.62. The van der Waals surface area contributed by atoms with Gasteiger partial charge in [-0.2, -0.15) is 13.2 Å². The van der Waals surface area contributed by atoms with Gasteiger partial charge in [0.25, 0.3) is 5.91 Å². The Morgan fingerprint density at radius 2 is 1.95 bits per heavy atom. The Balaban J connectivity index is 1.47. The monoisotopic (exact) mass is 566 g/mol. The van der Waals surface area contributed by atoms with Crippen LogP contribution in [-0.4, -0.2) is 43.4 Å². The number of nitrogens with two attached hydrogens (primary N) is 1. The zero-order chi connectivity index (χ0) is 28.8. The number of aryl methyl sites for hydroxylation is 1. The number of nitrogens with zero attached hydrogens (tertiary/aromatic N) is 3. The van der Waals surface area contributed by atoms with E-state index in [0.29, 0.717) is 41.1 Å². The number of hydrogen-bond acceptors (Lipinski definition) is 4. The smallest absolute Gasteiger partial charge is 0.364 e. The van der Waals surface area contributed by atoms with Crippen molar-refractivity contribution in [2.75, 3.05) is 0 Å². The third kappa shape index (κ3) is 5.83. The van der Waals surface area contributed by atoms with Crippen molar-refractivity contribution in [2.45, 2.75) is 88.9 Å². The van der Waals surface area contributed by atoms with Crippen LogP contribution in [-0.2, 0) is 17.8 Å². The average molecular weight is 567 g/mol. The second-order valence-corrected chi connectivity index (χ2v) is 10.9. The minimum atomic E-state index is -4.42. The molecular formula is C27H31F5N6O2. The summed E-state index contributed by atoms with van der Waals surface area (Å²) in [4.78, 5) is 37.4. The molecule has 0 bridgehead atoms. The van der Waals surface area contributed by atoms with E-state index in [1.807, 2.05) is 4.57 Å². The summed E-state index contributed by atoms with van der Waals surface area (Å²) in [5, 5.41) is 2.58. The third-order valence-electron chi connectivity index (χ3n) is 7.95. The lowest BCUT2D eigenvalue weighted by molar-refractivity contribution is -0.144. The molecule has 2 amide bonds. The first-order valence-corrected chi connectivity index (χ1v) is 13.4. The van der Waals surface area contributed by atoms with E-state index in [1.165, 1.54) is 0 Å². The molecular weight excluding hydrogens is 535 g/mol. The molecule has 2 atom stereocenters.